The van der Waals surface area contributed by atoms with E-state index in [1.54, 1.807) is 0 Å². The Hall–Kier alpha value is 0.774. The zero-order valence-electron chi connectivity index (χ0n) is 6.71. The molecule has 0 bridgehead atoms. The van der Waals surface area contributed by atoms with Crippen molar-refractivity contribution < 1.29 is 46.5 Å². The topological polar surface area (TPSA) is 0 Å². The summed E-state index contributed by atoms with van der Waals surface area (Å²) in [4.78, 5) is 0. The molecule has 0 heterocycles. The minimum atomic E-state index is 0. The molecule has 0 saturated heterocycles. The van der Waals surface area contributed by atoms with Crippen LogP contribution < -0.4 is 24.8 Å². The Labute approximate surface area is 102 Å². The van der Waals surface area contributed by atoms with Gasteiger partial charge >= 0.3 is 21.7 Å². The van der Waals surface area contributed by atoms with Crippen LogP contribution in [0.25, 0.3) is 0 Å². The molecule has 0 spiro atoms. The van der Waals surface area contributed by atoms with Crippen molar-refractivity contribution >= 4 is 0 Å². The third-order valence-electron chi connectivity index (χ3n) is 2.24. The van der Waals surface area contributed by atoms with Crippen LogP contribution in [0.5, 0.6) is 0 Å². The number of rotatable bonds is 0. The summed E-state index contributed by atoms with van der Waals surface area (Å²) in [5.74, 6) is 1.62. The predicted molar refractivity (Wildman–Crippen MR) is 38.8 cm³/mol. The smallest absolute Gasteiger partial charge is 1.00 e. The summed E-state index contributed by atoms with van der Waals surface area (Å²) >= 11 is 0. The molecule has 12 heavy (non-hydrogen) atoms. The van der Waals surface area contributed by atoms with Gasteiger partial charge in [-0.3, -0.25) is 0 Å². The fourth-order valence-corrected chi connectivity index (χ4v) is 1.69. The van der Waals surface area contributed by atoms with Gasteiger partial charge in [-0.15, -0.1) is 12.0 Å². The molecule has 0 nitrogen and oxygen atoms in total. The van der Waals surface area contributed by atoms with Crippen LogP contribution in [-0.2, 0) is 21.7 Å². The molecular weight excluding hydrogens is 227 g/mol. The van der Waals surface area contributed by atoms with E-state index in [0.29, 0.717) is 0 Å². The van der Waals surface area contributed by atoms with Crippen LogP contribution in [0.2, 0.25) is 0 Å². The largest absolute Gasteiger partial charge is 3.00 e. The standard InChI is InChI=1S/C9H11.2ClH.Ti/c1-2-5-9-7-3-6-8(9)4-1;;;/h1-2,4-6,8-9H,3,7H2;2*1H;/q-1;;;+3/p-2. The average Bonchev–Trinajstić information content (AvgIpc) is 2.33. The predicted octanol–water partition coefficient (Wildman–Crippen LogP) is -3.65. The summed E-state index contributed by atoms with van der Waals surface area (Å²) < 4.78 is 0. The number of hydrogen-bond donors (Lipinski definition) is 0. The van der Waals surface area contributed by atoms with E-state index in [4.69, 9.17) is 0 Å². The monoisotopic (exact) mass is 237 g/mol. The summed E-state index contributed by atoms with van der Waals surface area (Å²) in [6, 6.07) is 0. The molecular formula is C9H11Cl2Ti. The molecule has 2 unspecified atom stereocenters. The van der Waals surface area contributed by atoms with E-state index in [-0.39, 0.29) is 46.5 Å². The SMILES string of the molecule is C1=CC2[CH-]CCC2C=C1.[Cl-].[Cl-].[Ti+3]. The van der Waals surface area contributed by atoms with E-state index in [0.717, 1.165) is 11.8 Å². The zero-order valence-corrected chi connectivity index (χ0v) is 9.79. The van der Waals surface area contributed by atoms with Gasteiger partial charge in [0.05, 0.1) is 0 Å². The molecule has 1 fully saturated rings. The van der Waals surface area contributed by atoms with Gasteiger partial charge < -0.3 is 31.2 Å². The molecule has 0 aromatic heterocycles. The first kappa shape index (κ1) is 15.3. The van der Waals surface area contributed by atoms with Gasteiger partial charge in [-0.05, 0) is 5.92 Å². The van der Waals surface area contributed by atoms with E-state index in [9.17, 15) is 0 Å². The molecule has 3 heteroatoms. The molecule has 2 rings (SSSR count). The van der Waals surface area contributed by atoms with E-state index in [1.807, 2.05) is 0 Å². The van der Waals surface area contributed by atoms with Crippen LogP contribution >= 0.6 is 0 Å². The van der Waals surface area contributed by atoms with Gasteiger partial charge in [-0.1, -0.05) is 24.6 Å². The molecule has 1 radical (unpaired) electrons. The normalized spacial score (nSPS) is 29.3. The number of halogens is 2. The summed E-state index contributed by atoms with van der Waals surface area (Å²) in [5, 5.41) is 0. The number of fused-ring (bicyclic) bond motifs is 1. The van der Waals surface area contributed by atoms with Crippen LogP contribution in [-0.4, -0.2) is 0 Å². The van der Waals surface area contributed by atoms with E-state index >= 15 is 0 Å². The van der Waals surface area contributed by atoms with Gasteiger partial charge in [0.25, 0.3) is 0 Å². The second-order valence-corrected chi connectivity index (χ2v) is 2.82. The van der Waals surface area contributed by atoms with E-state index in [1.165, 1.54) is 12.8 Å². The summed E-state index contributed by atoms with van der Waals surface area (Å²) in [7, 11) is 0. The Morgan fingerprint density at radius 2 is 1.75 bits per heavy atom. The fraction of sp³-hybridized carbons (Fsp3) is 0.444. The molecule has 2 atom stereocenters. The van der Waals surface area contributed by atoms with Crippen molar-refractivity contribution in [1.29, 1.82) is 0 Å². The third kappa shape index (κ3) is 3.26. The summed E-state index contributed by atoms with van der Waals surface area (Å²) in [6.07, 6.45) is 14.1. The molecule has 0 amide bonds. The van der Waals surface area contributed by atoms with Crippen LogP contribution in [0.4, 0.5) is 0 Å². The molecule has 0 aromatic rings. The summed E-state index contributed by atoms with van der Waals surface area (Å²) in [5.41, 5.74) is 0. The molecule has 1 saturated carbocycles. The molecule has 0 aromatic carbocycles. The minimum absolute atomic E-state index is 0. The Morgan fingerprint density at radius 3 is 2.42 bits per heavy atom. The summed E-state index contributed by atoms with van der Waals surface area (Å²) in [6.45, 7) is 0. The fourth-order valence-electron chi connectivity index (χ4n) is 1.69. The molecule has 2 aliphatic carbocycles. The van der Waals surface area contributed by atoms with Gasteiger partial charge in [0, 0.05) is 0 Å². The first-order valence-electron chi connectivity index (χ1n) is 3.65. The van der Waals surface area contributed by atoms with E-state index in [2.05, 4.69) is 30.7 Å². The van der Waals surface area contributed by atoms with Crippen molar-refractivity contribution in [3.63, 3.8) is 0 Å². The number of hydrogen-bond acceptors (Lipinski definition) is 0. The van der Waals surface area contributed by atoms with Crippen LogP contribution in [0.3, 0.4) is 0 Å². The quantitative estimate of drug-likeness (QED) is 0.301. The number of allylic oxidation sites excluding steroid dienone is 4. The van der Waals surface area contributed by atoms with Crippen LogP contribution in [0.15, 0.2) is 24.3 Å². The third-order valence-corrected chi connectivity index (χ3v) is 2.24. The van der Waals surface area contributed by atoms with Gasteiger partial charge in [-0.2, -0.15) is 6.42 Å². The van der Waals surface area contributed by atoms with Crippen LogP contribution in [0.1, 0.15) is 12.8 Å². The minimum Gasteiger partial charge on any atom is -1.00 e. The van der Waals surface area contributed by atoms with Gasteiger partial charge in [0.1, 0.15) is 0 Å². The second kappa shape index (κ2) is 7.20. The van der Waals surface area contributed by atoms with E-state index < -0.39 is 0 Å². The Kier molecular flexibility index (Phi) is 9.16. The molecule has 0 aliphatic heterocycles. The Morgan fingerprint density at radius 1 is 1.08 bits per heavy atom. The average molecular weight is 238 g/mol. The first-order chi connectivity index (χ1) is 4.47. The Bertz CT molecular complexity index is 148. The van der Waals surface area contributed by atoms with Crippen molar-refractivity contribution in [3.8, 4) is 0 Å². The van der Waals surface area contributed by atoms with Crippen LogP contribution in [0, 0.1) is 18.3 Å². The van der Waals surface area contributed by atoms with Crippen molar-refractivity contribution in [3.05, 3.63) is 30.7 Å². The second-order valence-electron chi connectivity index (χ2n) is 2.82. The first-order valence-corrected chi connectivity index (χ1v) is 3.65. The molecule has 0 N–H and O–H groups in total. The van der Waals surface area contributed by atoms with Crippen molar-refractivity contribution in [2.75, 3.05) is 0 Å². The maximum Gasteiger partial charge on any atom is 3.00 e. The molecule has 65 valence electrons. The van der Waals surface area contributed by atoms with Gasteiger partial charge in [0.15, 0.2) is 0 Å². The van der Waals surface area contributed by atoms with Crippen molar-refractivity contribution in [2.24, 2.45) is 11.8 Å². The van der Waals surface area contributed by atoms with Gasteiger partial charge in [0.2, 0.25) is 0 Å². The van der Waals surface area contributed by atoms with Gasteiger partial charge in [-0.25, -0.2) is 0 Å². The Balaban J connectivity index is 0. The maximum atomic E-state index is 2.42. The maximum absolute atomic E-state index is 2.42. The van der Waals surface area contributed by atoms with Crippen molar-refractivity contribution in [1.82, 2.24) is 0 Å². The van der Waals surface area contributed by atoms with Crippen molar-refractivity contribution in [2.45, 2.75) is 12.8 Å². The molecule has 2 aliphatic rings. The zero-order chi connectivity index (χ0) is 6.10.